The van der Waals surface area contributed by atoms with Gasteiger partial charge in [0, 0.05) is 25.9 Å². The van der Waals surface area contributed by atoms with E-state index in [1.165, 1.54) is 0 Å². The Morgan fingerprint density at radius 1 is 1.33 bits per heavy atom. The molecule has 3 rings (SSSR count). The number of oxazole rings is 1. The number of aromatic nitrogens is 1. The van der Waals surface area contributed by atoms with Gasteiger partial charge >= 0.3 is 0 Å². The fraction of sp³-hybridized carbons (Fsp3) is 0.500. The number of para-hydroxylation sites is 1. The van der Waals surface area contributed by atoms with Crippen molar-refractivity contribution in [3.63, 3.8) is 0 Å². The summed E-state index contributed by atoms with van der Waals surface area (Å²) in [7, 11) is 0. The number of carbonyl (C=O) groups is 2. The van der Waals surface area contributed by atoms with Crippen molar-refractivity contribution in [2.24, 2.45) is 0 Å². The number of hydrogen-bond donors (Lipinski definition) is 1. The molecule has 0 saturated carbocycles. The average molecular weight is 329 g/mol. The molecule has 1 aliphatic heterocycles. The van der Waals surface area contributed by atoms with E-state index in [9.17, 15) is 9.59 Å². The minimum Gasteiger partial charge on any atom is -0.439 e. The van der Waals surface area contributed by atoms with Crippen LogP contribution in [0.5, 0.6) is 0 Å². The fourth-order valence-electron chi connectivity index (χ4n) is 2.98. The zero-order valence-electron chi connectivity index (χ0n) is 14.0. The Balaban J connectivity index is 1.49. The maximum atomic E-state index is 12.0. The first-order valence-electron chi connectivity index (χ1n) is 8.53. The third kappa shape index (κ3) is 3.93. The van der Waals surface area contributed by atoms with E-state index >= 15 is 0 Å². The second-order valence-electron chi connectivity index (χ2n) is 6.25. The van der Waals surface area contributed by atoms with Gasteiger partial charge in [0.2, 0.25) is 17.7 Å². The van der Waals surface area contributed by atoms with Crippen LogP contribution in [0, 0.1) is 6.92 Å². The van der Waals surface area contributed by atoms with Gasteiger partial charge in [0.25, 0.3) is 0 Å². The molecule has 0 spiro atoms. The van der Waals surface area contributed by atoms with Crippen LogP contribution in [0.2, 0.25) is 0 Å². The van der Waals surface area contributed by atoms with Crippen molar-refractivity contribution in [1.29, 1.82) is 0 Å². The fourth-order valence-corrected chi connectivity index (χ4v) is 2.98. The molecule has 24 heavy (non-hydrogen) atoms. The number of likely N-dealkylation sites (tertiary alicyclic amines) is 1. The molecule has 1 saturated heterocycles. The first-order chi connectivity index (χ1) is 11.6. The number of aryl methyl sites for hydroxylation is 1. The summed E-state index contributed by atoms with van der Waals surface area (Å²) in [5.41, 5.74) is 2.61. The van der Waals surface area contributed by atoms with E-state index in [4.69, 9.17) is 4.42 Å². The van der Waals surface area contributed by atoms with Crippen molar-refractivity contribution in [3.05, 3.63) is 29.7 Å². The summed E-state index contributed by atoms with van der Waals surface area (Å²) in [5, 5.41) is 2.82. The van der Waals surface area contributed by atoms with Gasteiger partial charge < -0.3 is 14.6 Å². The van der Waals surface area contributed by atoms with Crippen molar-refractivity contribution >= 4 is 22.9 Å². The topological polar surface area (TPSA) is 75.4 Å². The van der Waals surface area contributed by atoms with Crippen molar-refractivity contribution < 1.29 is 14.0 Å². The van der Waals surface area contributed by atoms with E-state index in [1.807, 2.05) is 25.1 Å². The second-order valence-corrected chi connectivity index (χ2v) is 6.25. The first-order valence-corrected chi connectivity index (χ1v) is 8.53. The lowest BCUT2D eigenvalue weighted by Gasteiger charge is -2.19. The van der Waals surface area contributed by atoms with Gasteiger partial charge in [-0.2, -0.15) is 0 Å². The third-order valence-electron chi connectivity index (χ3n) is 4.38. The summed E-state index contributed by atoms with van der Waals surface area (Å²) in [5.74, 6) is 0.569. The number of fused-ring (bicyclic) bond motifs is 1. The monoisotopic (exact) mass is 329 g/mol. The number of carbonyl (C=O) groups excluding carboxylic acids is 2. The Bertz CT molecular complexity index is 738. The molecule has 0 radical (unpaired) electrons. The van der Waals surface area contributed by atoms with Gasteiger partial charge in [-0.15, -0.1) is 0 Å². The quantitative estimate of drug-likeness (QED) is 0.914. The highest BCUT2D eigenvalue weighted by atomic mass is 16.3. The molecule has 2 heterocycles. The van der Waals surface area contributed by atoms with Gasteiger partial charge in [0.05, 0.1) is 6.54 Å². The Morgan fingerprint density at radius 2 is 2.21 bits per heavy atom. The van der Waals surface area contributed by atoms with Gasteiger partial charge in [-0.1, -0.05) is 18.6 Å². The van der Waals surface area contributed by atoms with E-state index in [0.29, 0.717) is 25.3 Å². The molecule has 1 fully saturated rings. The summed E-state index contributed by atoms with van der Waals surface area (Å²) in [4.78, 5) is 30.1. The summed E-state index contributed by atoms with van der Waals surface area (Å²) >= 11 is 0. The molecule has 0 atom stereocenters. The molecule has 1 aromatic carbocycles. The Morgan fingerprint density at radius 3 is 3.04 bits per heavy atom. The van der Waals surface area contributed by atoms with Crippen molar-refractivity contribution in [2.45, 2.75) is 45.6 Å². The Hall–Kier alpha value is -2.37. The molecule has 0 aliphatic carbocycles. The smallest absolute Gasteiger partial charge is 0.222 e. The SMILES string of the molecule is Cc1cccc2oc(CNC(=O)CCN3CCCCCC3=O)nc12. The number of benzene rings is 1. The molecular formula is C18H23N3O3. The van der Waals surface area contributed by atoms with Gasteiger partial charge in [0.15, 0.2) is 5.58 Å². The third-order valence-corrected chi connectivity index (χ3v) is 4.38. The second kappa shape index (κ2) is 7.47. The minimum absolute atomic E-state index is 0.0916. The van der Waals surface area contributed by atoms with E-state index < -0.39 is 0 Å². The molecule has 128 valence electrons. The first kappa shape index (κ1) is 16.5. The number of amides is 2. The van der Waals surface area contributed by atoms with E-state index in [0.717, 1.165) is 42.5 Å². The van der Waals surface area contributed by atoms with Crippen LogP contribution in [0.15, 0.2) is 22.6 Å². The highest BCUT2D eigenvalue weighted by Gasteiger charge is 2.17. The largest absolute Gasteiger partial charge is 0.439 e. The predicted molar refractivity (Wildman–Crippen MR) is 90.3 cm³/mol. The lowest BCUT2D eigenvalue weighted by atomic mass is 10.2. The zero-order chi connectivity index (χ0) is 16.9. The van der Waals surface area contributed by atoms with Gasteiger partial charge in [0.1, 0.15) is 5.52 Å². The molecule has 0 bridgehead atoms. The lowest BCUT2D eigenvalue weighted by molar-refractivity contribution is -0.131. The van der Waals surface area contributed by atoms with Crippen LogP contribution in [0.25, 0.3) is 11.1 Å². The number of rotatable bonds is 5. The van der Waals surface area contributed by atoms with Crippen LogP contribution < -0.4 is 5.32 Å². The van der Waals surface area contributed by atoms with Crippen LogP contribution in [0.1, 0.15) is 43.6 Å². The van der Waals surface area contributed by atoms with Crippen molar-refractivity contribution in [2.75, 3.05) is 13.1 Å². The number of nitrogens with one attached hydrogen (secondary N) is 1. The molecule has 1 aromatic heterocycles. The summed E-state index contributed by atoms with van der Waals surface area (Å²) in [6.45, 7) is 3.49. The Labute approximate surface area is 141 Å². The maximum absolute atomic E-state index is 12.0. The summed E-state index contributed by atoms with van der Waals surface area (Å²) in [6, 6.07) is 5.76. The van der Waals surface area contributed by atoms with E-state index in [-0.39, 0.29) is 18.4 Å². The van der Waals surface area contributed by atoms with Crippen LogP contribution in [0.4, 0.5) is 0 Å². The van der Waals surface area contributed by atoms with E-state index in [2.05, 4.69) is 10.3 Å². The lowest BCUT2D eigenvalue weighted by Crippen LogP contribution is -2.34. The van der Waals surface area contributed by atoms with Gasteiger partial charge in [-0.25, -0.2) is 4.98 Å². The van der Waals surface area contributed by atoms with Gasteiger partial charge in [-0.3, -0.25) is 9.59 Å². The standard InChI is InChI=1S/C18H23N3O3/c1-13-6-5-7-14-18(13)20-16(24-14)12-19-15(22)9-11-21-10-4-2-3-8-17(21)23/h5-7H,2-4,8-12H2,1H3,(H,19,22). The number of nitrogens with zero attached hydrogens (tertiary/aromatic N) is 2. The van der Waals surface area contributed by atoms with Crippen LogP contribution in [-0.2, 0) is 16.1 Å². The van der Waals surface area contributed by atoms with Crippen molar-refractivity contribution in [1.82, 2.24) is 15.2 Å². The van der Waals surface area contributed by atoms with Gasteiger partial charge in [-0.05, 0) is 31.4 Å². The van der Waals surface area contributed by atoms with Crippen LogP contribution in [-0.4, -0.2) is 34.8 Å². The Kier molecular flexibility index (Phi) is 5.13. The molecular weight excluding hydrogens is 306 g/mol. The molecule has 6 nitrogen and oxygen atoms in total. The van der Waals surface area contributed by atoms with Crippen LogP contribution in [0.3, 0.4) is 0 Å². The maximum Gasteiger partial charge on any atom is 0.222 e. The summed E-state index contributed by atoms with van der Waals surface area (Å²) in [6.07, 6.45) is 3.98. The number of hydrogen-bond acceptors (Lipinski definition) is 4. The highest BCUT2D eigenvalue weighted by Crippen LogP contribution is 2.18. The molecule has 1 N–H and O–H groups in total. The predicted octanol–water partition coefficient (Wildman–Crippen LogP) is 2.55. The highest BCUT2D eigenvalue weighted by molar-refractivity contribution is 5.79. The van der Waals surface area contributed by atoms with Crippen LogP contribution >= 0.6 is 0 Å². The average Bonchev–Trinajstić information content (AvgIpc) is 2.89. The molecule has 2 amide bonds. The molecule has 1 aliphatic rings. The molecule has 0 unspecified atom stereocenters. The normalized spacial score (nSPS) is 15.5. The molecule has 6 heteroatoms. The summed E-state index contributed by atoms with van der Waals surface area (Å²) < 4.78 is 5.64. The van der Waals surface area contributed by atoms with Crippen molar-refractivity contribution in [3.8, 4) is 0 Å². The minimum atomic E-state index is -0.0916. The molecule has 2 aromatic rings. The zero-order valence-corrected chi connectivity index (χ0v) is 14.0. The van der Waals surface area contributed by atoms with E-state index in [1.54, 1.807) is 4.90 Å².